The molecule has 0 saturated carbocycles. The van der Waals surface area contributed by atoms with Crippen molar-refractivity contribution in [3.8, 4) is 5.69 Å². The average molecular weight is 312 g/mol. The molecule has 3 aromatic heterocycles. The van der Waals surface area contributed by atoms with Gasteiger partial charge in [-0.3, -0.25) is 9.78 Å². The smallest absolute Gasteiger partial charge is 0.255 e. The zero-order chi connectivity index (χ0) is 16.2. The Kier molecular flexibility index (Phi) is 4.20. The number of hydrogen-bond donors (Lipinski definition) is 2. The number of pyridine rings is 1. The maximum absolute atomic E-state index is 12.4. The average Bonchev–Trinajstić information content (AvgIpc) is 3.23. The molecule has 0 aliphatic rings. The van der Waals surface area contributed by atoms with Crippen LogP contribution in [0.2, 0.25) is 0 Å². The summed E-state index contributed by atoms with van der Waals surface area (Å²) in [5, 5.41) is 16.4. The summed E-state index contributed by atoms with van der Waals surface area (Å²) in [4.78, 5) is 16.4. The molecule has 7 heteroatoms. The normalized spacial score (nSPS) is 12.1. The van der Waals surface area contributed by atoms with E-state index >= 15 is 0 Å². The van der Waals surface area contributed by atoms with Gasteiger partial charge in [-0.25, -0.2) is 4.68 Å². The first-order chi connectivity index (χ1) is 11.2. The number of nitrogens with one attached hydrogen (secondary N) is 1. The maximum Gasteiger partial charge on any atom is 0.255 e. The van der Waals surface area contributed by atoms with Crippen LogP contribution < -0.4 is 5.32 Å². The predicted octanol–water partition coefficient (Wildman–Crippen LogP) is 1.63. The van der Waals surface area contributed by atoms with E-state index in [1.54, 1.807) is 41.3 Å². The van der Waals surface area contributed by atoms with Crippen molar-refractivity contribution in [2.45, 2.75) is 13.0 Å². The minimum atomic E-state index is -0.596. The number of aliphatic hydroxyl groups excluding tert-OH is 1. The third kappa shape index (κ3) is 3.00. The molecule has 0 aromatic carbocycles. The predicted molar refractivity (Wildman–Crippen MR) is 82.1 cm³/mol. The fourth-order valence-electron chi connectivity index (χ4n) is 2.31. The standard InChI is InChI=1S/C16H16N4O3/c1-11-13(9-18-20(11)12-4-6-17-7-5-12)16(22)19-14(10-21)15-3-2-8-23-15/h2-9,14,21H,10H2,1H3,(H,19,22). The molecule has 7 nitrogen and oxygen atoms in total. The van der Waals surface area contributed by atoms with Crippen molar-refractivity contribution in [3.05, 3.63) is 66.1 Å². The van der Waals surface area contributed by atoms with Crippen LogP contribution in [-0.2, 0) is 0 Å². The van der Waals surface area contributed by atoms with Gasteiger partial charge < -0.3 is 14.8 Å². The van der Waals surface area contributed by atoms with Crippen LogP contribution in [0, 0.1) is 6.92 Å². The van der Waals surface area contributed by atoms with E-state index in [2.05, 4.69) is 15.4 Å². The van der Waals surface area contributed by atoms with E-state index in [9.17, 15) is 9.90 Å². The molecule has 1 unspecified atom stereocenters. The summed E-state index contributed by atoms with van der Waals surface area (Å²) in [5.74, 6) is 0.179. The molecule has 2 N–H and O–H groups in total. The number of carbonyl (C=O) groups excluding carboxylic acids is 1. The van der Waals surface area contributed by atoms with Crippen molar-refractivity contribution in [3.63, 3.8) is 0 Å². The molecule has 1 atom stereocenters. The van der Waals surface area contributed by atoms with Crippen LogP contribution in [0.1, 0.15) is 27.9 Å². The van der Waals surface area contributed by atoms with Crippen molar-refractivity contribution in [2.75, 3.05) is 6.61 Å². The number of carbonyl (C=O) groups is 1. The molecule has 0 saturated heterocycles. The summed E-state index contributed by atoms with van der Waals surface area (Å²) in [6, 6.07) is 6.43. The van der Waals surface area contributed by atoms with Gasteiger partial charge in [0.1, 0.15) is 11.8 Å². The van der Waals surface area contributed by atoms with E-state index in [0.717, 1.165) is 5.69 Å². The molecule has 0 radical (unpaired) electrons. The van der Waals surface area contributed by atoms with Gasteiger partial charge in [0.05, 0.1) is 36.0 Å². The molecule has 1 amide bonds. The molecule has 3 rings (SSSR count). The quantitative estimate of drug-likeness (QED) is 0.747. The van der Waals surface area contributed by atoms with Gasteiger partial charge in [0, 0.05) is 12.4 Å². The van der Waals surface area contributed by atoms with Crippen molar-refractivity contribution in [1.29, 1.82) is 0 Å². The van der Waals surface area contributed by atoms with Crippen LogP contribution in [0.15, 0.2) is 53.5 Å². The summed E-state index contributed by atoms with van der Waals surface area (Å²) >= 11 is 0. The van der Waals surface area contributed by atoms with E-state index in [4.69, 9.17) is 4.42 Å². The second-order valence-electron chi connectivity index (χ2n) is 4.98. The number of rotatable bonds is 5. The summed E-state index contributed by atoms with van der Waals surface area (Å²) in [6.07, 6.45) is 6.32. The summed E-state index contributed by atoms with van der Waals surface area (Å²) in [7, 11) is 0. The van der Waals surface area contributed by atoms with Gasteiger partial charge in [-0.05, 0) is 31.2 Å². The van der Waals surface area contributed by atoms with E-state index in [1.807, 2.05) is 6.92 Å². The SMILES string of the molecule is Cc1c(C(=O)NC(CO)c2ccco2)cnn1-c1ccncc1. The van der Waals surface area contributed by atoms with Crippen LogP contribution in [0.3, 0.4) is 0 Å². The first-order valence-electron chi connectivity index (χ1n) is 7.11. The molecule has 0 aliphatic heterocycles. The lowest BCUT2D eigenvalue weighted by Crippen LogP contribution is -2.30. The molecular weight excluding hydrogens is 296 g/mol. The van der Waals surface area contributed by atoms with Gasteiger partial charge in [-0.1, -0.05) is 0 Å². The monoisotopic (exact) mass is 312 g/mol. The second-order valence-corrected chi connectivity index (χ2v) is 4.98. The Hall–Kier alpha value is -2.93. The zero-order valence-electron chi connectivity index (χ0n) is 12.5. The Bertz CT molecular complexity index is 781. The van der Waals surface area contributed by atoms with Gasteiger partial charge >= 0.3 is 0 Å². The van der Waals surface area contributed by atoms with Gasteiger partial charge in [0.25, 0.3) is 5.91 Å². The zero-order valence-corrected chi connectivity index (χ0v) is 12.5. The molecule has 3 aromatic rings. The molecule has 23 heavy (non-hydrogen) atoms. The van der Waals surface area contributed by atoms with Gasteiger partial charge in [0.15, 0.2) is 0 Å². The molecule has 3 heterocycles. The molecular formula is C16H16N4O3. The lowest BCUT2D eigenvalue weighted by Gasteiger charge is -2.13. The van der Waals surface area contributed by atoms with Crippen LogP contribution in [0.5, 0.6) is 0 Å². The first kappa shape index (κ1) is 15.0. The number of amides is 1. The third-order valence-corrected chi connectivity index (χ3v) is 3.54. The largest absolute Gasteiger partial charge is 0.467 e. The van der Waals surface area contributed by atoms with E-state index < -0.39 is 6.04 Å². The third-order valence-electron chi connectivity index (χ3n) is 3.54. The number of aromatic nitrogens is 3. The van der Waals surface area contributed by atoms with Crippen molar-refractivity contribution in [2.24, 2.45) is 0 Å². The minimum absolute atomic E-state index is 0.253. The second kappa shape index (κ2) is 6.45. The van der Waals surface area contributed by atoms with E-state index in [1.165, 1.54) is 12.5 Å². The van der Waals surface area contributed by atoms with Crippen LogP contribution in [-0.4, -0.2) is 32.4 Å². The van der Waals surface area contributed by atoms with Crippen molar-refractivity contribution in [1.82, 2.24) is 20.1 Å². The minimum Gasteiger partial charge on any atom is -0.467 e. The highest BCUT2D eigenvalue weighted by Gasteiger charge is 2.20. The topological polar surface area (TPSA) is 93.2 Å². The lowest BCUT2D eigenvalue weighted by atomic mass is 10.2. The summed E-state index contributed by atoms with van der Waals surface area (Å²) in [5.41, 5.74) is 1.96. The Balaban J connectivity index is 1.82. The van der Waals surface area contributed by atoms with Crippen LogP contribution in [0.25, 0.3) is 5.69 Å². The molecule has 0 aliphatic carbocycles. The maximum atomic E-state index is 12.4. The highest BCUT2D eigenvalue weighted by molar-refractivity contribution is 5.95. The van der Waals surface area contributed by atoms with E-state index in [-0.39, 0.29) is 12.5 Å². The summed E-state index contributed by atoms with van der Waals surface area (Å²) in [6.45, 7) is 1.56. The Morgan fingerprint density at radius 3 is 2.83 bits per heavy atom. The van der Waals surface area contributed by atoms with Gasteiger partial charge in [0.2, 0.25) is 0 Å². The highest BCUT2D eigenvalue weighted by Crippen LogP contribution is 2.17. The van der Waals surface area contributed by atoms with Crippen molar-refractivity contribution < 1.29 is 14.3 Å². The Labute approximate surface area is 132 Å². The van der Waals surface area contributed by atoms with Crippen molar-refractivity contribution >= 4 is 5.91 Å². The fraction of sp³-hybridized carbons (Fsp3) is 0.188. The Morgan fingerprint density at radius 1 is 1.39 bits per heavy atom. The number of furan rings is 1. The van der Waals surface area contributed by atoms with E-state index in [0.29, 0.717) is 17.0 Å². The van der Waals surface area contributed by atoms with Crippen LogP contribution in [0.4, 0.5) is 0 Å². The molecule has 0 fully saturated rings. The Morgan fingerprint density at radius 2 is 2.17 bits per heavy atom. The summed E-state index contributed by atoms with van der Waals surface area (Å²) < 4.78 is 6.89. The molecule has 118 valence electrons. The van der Waals surface area contributed by atoms with Gasteiger partial charge in [-0.2, -0.15) is 5.10 Å². The number of hydrogen-bond acceptors (Lipinski definition) is 5. The number of nitrogens with zero attached hydrogens (tertiary/aromatic N) is 3. The van der Waals surface area contributed by atoms with Gasteiger partial charge in [-0.15, -0.1) is 0 Å². The lowest BCUT2D eigenvalue weighted by molar-refractivity contribution is 0.0906. The highest BCUT2D eigenvalue weighted by atomic mass is 16.3. The van der Waals surface area contributed by atoms with Crippen LogP contribution >= 0.6 is 0 Å². The first-order valence-corrected chi connectivity index (χ1v) is 7.11. The fourth-order valence-corrected chi connectivity index (χ4v) is 2.31. The molecule has 0 spiro atoms. The number of aliphatic hydroxyl groups is 1. The molecule has 0 bridgehead atoms.